The van der Waals surface area contributed by atoms with Crippen molar-refractivity contribution in [2.75, 3.05) is 19.7 Å². The number of benzene rings is 2. The number of carbonyl (C=O) groups excluding carboxylic acids is 1. The van der Waals surface area contributed by atoms with Crippen LogP contribution in [0.2, 0.25) is 0 Å². The number of piperidine rings is 1. The Morgan fingerprint density at radius 2 is 1.89 bits per heavy atom. The Balaban J connectivity index is 1.64. The summed E-state index contributed by atoms with van der Waals surface area (Å²) in [5.41, 5.74) is 2.68. The molecular formula is C22H25N3O3. The Hall–Kier alpha value is -2.86. The molecule has 6 heteroatoms. The first-order valence-electron chi connectivity index (χ1n) is 9.79. The number of imidazole rings is 1. The number of ether oxygens (including phenoxy) is 1. The van der Waals surface area contributed by atoms with Gasteiger partial charge in [-0.3, -0.25) is 14.3 Å². The molecular weight excluding hydrogens is 354 g/mol. The van der Waals surface area contributed by atoms with Gasteiger partial charge in [0.15, 0.2) is 0 Å². The number of hydrogen-bond acceptors (Lipinski definition) is 4. The molecule has 2 atom stereocenters. The molecule has 1 N–H and O–H groups in total. The first-order chi connectivity index (χ1) is 13.7. The standard InChI is InChI=1S/C22H25N3O3/c1-2-28-21(26)17-15-24(14-16-8-4-3-5-9-16)13-12-19(17)25-20-11-7-6-10-18(20)23-22(25)27/h3-11,17,19H,2,12-15H2,1H3,(H,23,27). The maximum Gasteiger partial charge on any atom is 0.326 e. The number of aromatic nitrogens is 2. The van der Waals surface area contributed by atoms with E-state index in [2.05, 4.69) is 22.0 Å². The molecule has 28 heavy (non-hydrogen) atoms. The van der Waals surface area contributed by atoms with Gasteiger partial charge in [-0.25, -0.2) is 4.79 Å². The molecule has 3 aromatic rings. The average molecular weight is 379 g/mol. The van der Waals surface area contributed by atoms with Crippen molar-refractivity contribution in [1.82, 2.24) is 14.5 Å². The number of rotatable bonds is 5. The fourth-order valence-corrected chi connectivity index (χ4v) is 4.19. The molecule has 0 saturated carbocycles. The molecule has 146 valence electrons. The third-order valence-electron chi connectivity index (χ3n) is 5.45. The second-order valence-corrected chi connectivity index (χ2v) is 7.25. The Labute approximate surface area is 163 Å². The van der Waals surface area contributed by atoms with E-state index in [9.17, 15) is 9.59 Å². The minimum Gasteiger partial charge on any atom is -0.466 e. The quantitative estimate of drug-likeness (QED) is 0.692. The highest BCUT2D eigenvalue weighted by atomic mass is 16.5. The predicted octanol–water partition coefficient (Wildman–Crippen LogP) is 2.96. The second kappa shape index (κ2) is 8.02. The summed E-state index contributed by atoms with van der Waals surface area (Å²) in [5.74, 6) is -0.614. The summed E-state index contributed by atoms with van der Waals surface area (Å²) in [5, 5.41) is 0. The summed E-state index contributed by atoms with van der Waals surface area (Å²) in [6.07, 6.45) is 0.720. The van der Waals surface area contributed by atoms with E-state index in [-0.39, 0.29) is 23.6 Å². The predicted molar refractivity (Wildman–Crippen MR) is 108 cm³/mol. The fourth-order valence-electron chi connectivity index (χ4n) is 4.19. The van der Waals surface area contributed by atoms with Crippen LogP contribution in [0.15, 0.2) is 59.4 Å². The van der Waals surface area contributed by atoms with Crippen LogP contribution in [0.3, 0.4) is 0 Å². The van der Waals surface area contributed by atoms with Crippen LogP contribution in [-0.4, -0.2) is 40.1 Å². The van der Waals surface area contributed by atoms with Crippen LogP contribution in [0, 0.1) is 5.92 Å². The molecule has 2 aromatic carbocycles. The number of nitrogens with one attached hydrogen (secondary N) is 1. The zero-order valence-corrected chi connectivity index (χ0v) is 16.0. The van der Waals surface area contributed by atoms with Gasteiger partial charge in [-0.1, -0.05) is 42.5 Å². The molecule has 0 spiro atoms. The van der Waals surface area contributed by atoms with E-state index in [1.165, 1.54) is 5.56 Å². The molecule has 6 nitrogen and oxygen atoms in total. The highest BCUT2D eigenvalue weighted by Crippen LogP contribution is 2.31. The molecule has 2 unspecified atom stereocenters. The highest BCUT2D eigenvalue weighted by molar-refractivity contribution is 5.77. The van der Waals surface area contributed by atoms with Gasteiger partial charge < -0.3 is 9.72 Å². The number of H-pyrrole nitrogens is 1. The zero-order valence-electron chi connectivity index (χ0n) is 16.0. The van der Waals surface area contributed by atoms with Crippen LogP contribution in [0.1, 0.15) is 24.9 Å². The van der Waals surface area contributed by atoms with Crippen LogP contribution in [0.4, 0.5) is 0 Å². The third-order valence-corrected chi connectivity index (χ3v) is 5.45. The van der Waals surface area contributed by atoms with Gasteiger partial charge in [0.05, 0.1) is 29.6 Å². The van der Waals surface area contributed by atoms with Crippen molar-refractivity contribution in [3.8, 4) is 0 Å². The smallest absolute Gasteiger partial charge is 0.326 e. The van der Waals surface area contributed by atoms with Crippen molar-refractivity contribution in [3.63, 3.8) is 0 Å². The molecule has 4 rings (SSSR count). The summed E-state index contributed by atoms with van der Waals surface area (Å²) in [7, 11) is 0. The lowest BCUT2D eigenvalue weighted by molar-refractivity contribution is -0.152. The van der Waals surface area contributed by atoms with Crippen molar-refractivity contribution in [2.45, 2.75) is 25.9 Å². The molecule has 0 radical (unpaired) electrons. The number of likely N-dealkylation sites (tertiary alicyclic amines) is 1. The number of aromatic amines is 1. The normalized spacial score (nSPS) is 20.3. The van der Waals surface area contributed by atoms with Crippen LogP contribution < -0.4 is 5.69 Å². The SMILES string of the molecule is CCOC(=O)C1CN(Cc2ccccc2)CCC1n1c(=O)[nH]c2ccccc21. The highest BCUT2D eigenvalue weighted by Gasteiger charge is 2.38. The van der Waals surface area contributed by atoms with Crippen LogP contribution in [0.25, 0.3) is 11.0 Å². The number of hydrogen-bond donors (Lipinski definition) is 1. The maximum atomic E-state index is 12.8. The number of fused-ring (bicyclic) bond motifs is 1. The lowest BCUT2D eigenvalue weighted by Crippen LogP contribution is -2.46. The first-order valence-corrected chi connectivity index (χ1v) is 9.79. The van der Waals surface area contributed by atoms with Gasteiger partial charge in [-0.15, -0.1) is 0 Å². The van der Waals surface area contributed by atoms with Crippen LogP contribution in [0.5, 0.6) is 0 Å². The number of esters is 1. The van der Waals surface area contributed by atoms with Gasteiger partial charge in [0, 0.05) is 19.6 Å². The van der Waals surface area contributed by atoms with Crippen molar-refractivity contribution < 1.29 is 9.53 Å². The Morgan fingerprint density at radius 1 is 1.14 bits per heavy atom. The van der Waals surface area contributed by atoms with Gasteiger partial charge in [-0.2, -0.15) is 0 Å². The van der Waals surface area contributed by atoms with Gasteiger partial charge in [0.25, 0.3) is 0 Å². The summed E-state index contributed by atoms with van der Waals surface area (Å²) < 4.78 is 7.12. The molecule has 1 saturated heterocycles. The summed E-state index contributed by atoms with van der Waals surface area (Å²) in [6, 6.07) is 17.6. The number of carbonyl (C=O) groups is 1. The topological polar surface area (TPSA) is 67.3 Å². The van der Waals surface area contributed by atoms with Crippen molar-refractivity contribution >= 4 is 17.0 Å². The molecule has 1 aliphatic heterocycles. The summed E-state index contributed by atoms with van der Waals surface area (Å²) >= 11 is 0. The van der Waals surface area contributed by atoms with E-state index >= 15 is 0 Å². The minimum atomic E-state index is -0.380. The van der Waals surface area contributed by atoms with E-state index in [0.717, 1.165) is 30.5 Å². The molecule has 0 amide bonds. The lowest BCUT2D eigenvalue weighted by Gasteiger charge is -2.37. The summed E-state index contributed by atoms with van der Waals surface area (Å²) in [6.45, 7) is 4.33. The second-order valence-electron chi connectivity index (χ2n) is 7.25. The number of para-hydroxylation sites is 2. The molecule has 2 heterocycles. The van der Waals surface area contributed by atoms with E-state index in [1.807, 2.05) is 49.4 Å². The average Bonchev–Trinajstić information content (AvgIpc) is 3.04. The largest absolute Gasteiger partial charge is 0.466 e. The van der Waals surface area contributed by atoms with Gasteiger partial charge in [-0.05, 0) is 31.0 Å². The monoisotopic (exact) mass is 379 g/mol. The van der Waals surface area contributed by atoms with Gasteiger partial charge in [0.1, 0.15) is 0 Å². The van der Waals surface area contributed by atoms with Crippen molar-refractivity contribution in [3.05, 3.63) is 70.6 Å². The fraction of sp³-hybridized carbons (Fsp3) is 0.364. The van der Waals surface area contributed by atoms with E-state index in [1.54, 1.807) is 4.57 Å². The lowest BCUT2D eigenvalue weighted by atomic mass is 9.91. The van der Waals surface area contributed by atoms with Gasteiger partial charge in [0.2, 0.25) is 0 Å². The van der Waals surface area contributed by atoms with E-state index < -0.39 is 0 Å². The molecule has 1 aliphatic rings. The zero-order chi connectivity index (χ0) is 19.5. The minimum absolute atomic E-state index is 0.169. The molecule has 0 aliphatic carbocycles. The summed E-state index contributed by atoms with van der Waals surface area (Å²) in [4.78, 5) is 30.6. The first kappa shape index (κ1) is 18.5. The molecule has 0 bridgehead atoms. The van der Waals surface area contributed by atoms with Crippen molar-refractivity contribution in [1.29, 1.82) is 0 Å². The van der Waals surface area contributed by atoms with Crippen molar-refractivity contribution in [2.24, 2.45) is 5.92 Å². The Bertz CT molecular complexity index is 1010. The Kier molecular flexibility index (Phi) is 5.30. The molecule has 1 fully saturated rings. The van der Waals surface area contributed by atoms with Crippen LogP contribution in [-0.2, 0) is 16.1 Å². The van der Waals surface area contributed by atoms with E-state index in [0.29, 0.717) is 13.2 Å². The third kappa shape index (κ3) is 3.60. The maximum absolute atomic E-state index is 12.8. The Morgan fingerprint density at radius 3 is 2.68 bits per heavy atom. The molecule has 1 aromatic heterocycles. The van der Waals surface area contributed by atoms with Gasteiger partial charge >= 0.3 is 11.7 Å². The number of nitrogens with zero attached hydrogens (tertiary/aromatic N) is 2. The van der Waals surface area contributed by atoms with Crippen LogP contribution >= 0.6 is 0 Å². The van der Waals surface area contributed by atoms with E-state index in [4.69, 9.17) is 4.74 Å².